The third-order valence-corrected chi connectivity index (χ3v) is 3.32. The molecule has 0 bridgehead atoms. The predicted octanol–water partition coefficient (Wildman–Crippen LogP) is -0.318. The van der Waals surface area contributed by atoms with Gasteiger partial charge in [0, 0.05) is 6.04 Å². The predicted molar refractivity (Wildman–Crippen MR) is 54.5 cm³/mol. The van der Waals surface area contributed by atoms with Crippen LogP contribution in [0.1, 0.15) is 26.7 Å². The highest BCUT2D eigenvalue weighted by Gasteiger charge is 2.31. The SMILES string of the molecule is CC(C)C(NS(=O)(=O)NC1CC1)C(=O)O. The maximum atomic E-state index is 11.4. The first kappa shape index (κ1) is 12.4. The second kappa shape index (κ2) is 4.46. The van der Waals surface area contributed by atoms with Gasteiger partial charge in [-0.05, 0) is 18.8 Å². The van der Waals surface area contributed by atoms with Crippen molar-refractivity contribution in [3.8, 4) is 0 Å². The van der Waals surface area contributed by atoms with Crippen LogP contribution >= 0.6 is 0 Å². The van der Waals surface area contributed by atoms with Crippen LogP contribution in [0, 0.1) is 5.92 Å². The van der Waals surface area contributed by atoms with Gasteiger partial charge in [0.05, 0.1) is 0 Å². The standard InChI is InChI=1S/C8H16N2O4S/c1-5(2)7(8(11)12)10-15(13,14)9-6-3-4-6/h5-7,9-10H,3-4H2,1-2H3,(H,11,12). The Labute approximate surface area is 89.2 Å². The summed E-state index contributed by atoms with van der Waals surface area (Å²) in [6, 6.07) is -1.11. The van der Waals surface area contributed by atoms with Crippen LogP contribution in [0.2, 0.25) is 0 Å². The van der Waals surface area contributed by atoms with Gasteiger partial charge >= 0.3 is 5.97 Å². The number of rotatable bonds is 6. The molecule has 0 aromatic carbocycles. The van der Waals surface area contributed by atoms with Crippen molar-refractivity contribution in [1.82, 2.24) is 9.44 Å². The lowest BCUT2D eigenvalue weighted by molar-refractivity contribution is -0.140. The van der Waals surface area contributed by atoms with E-state index in [1.807, 2.05) is 0 Å². The van der Waals surface area contributed by atoms with Crippen LogP contribution in [0.5, 0.6) is 0 Å². The molecule has 1 atom stereocenters. The molecule has 1 fully saturated rings. The van der Waals surface area contributed by atoms with Crippen LogP contribution < -0.4 is 9.44 Å². The highest BCUT2D eigenvalue weighted by atomic mass is 32.2. The lowest BCUT2D eigenvalue weighted by Gasteiger charge is -2.17. The number of aliphatic carboxylic acids is 1. The van der Waals surface area contributed by atoms with E-state index >= 15 is 0 Å². The van der Waals surface area contributed by atoms with Crippen molar-refractivity contribution >= 4 is 16.2 Å². The molecule has 3 N–H and O–H groups in total. The van der Waals surface area contributed by atoms with Gasteiger partial charge in [-0.1, -0.05) is 13.8 Å². The summed E-state index contributed by atoms with van der Waals surface area (Å²) in [6.45, 7) is 3.30. The van der Waals surface area contributed by atoms with Crippen molar-refractivity contribution in [3.05, 3.63) is 0 Å². The van der Waals surface area contributed by atoms with E-state index in [1.165, 1.54) is 0 Å². The van der Waals surface area contributed by atoms with E-state index in [9.17, 15) is 13.2 Å². The maximum Gasteiger partial charge on any atom is 0.322 e. The summed E-state index contributed by atoms with van der Waals surface area (Å²) >= 11 is 0. The third kappa shape index (κ3) is 4.15. The largest absolute Gasteiger partial charge is 0.480 e. The summed E-state index contributed by atoms with van der Waals surface area (Å²) in [6.07, 6.45) is 1.64. The van der Waals surface area contributed by atoms with Crippen molar-refractivity contribution in [2.24, 2.45) is 5.92 Å². The van der Waals surface area contributed by atoms with E-state index in [0.29, 0.717) is 0 Å². The monoisotopic (exact) mass is 236 g/mol. The maximum absolute atomic E-state index is 11.4. The van der Waals surface area contributed by atoms with Gasteiger partial charge in [-0.15, -0.1) is 0 Å². The Kier molecular flexibility index (Phi) is 3.69. The Hall–Kier alpha value is -0.660. The van der Waals surface area contributed by atoms with Gasteiger partial charge in [0.25, 0.3) is 10.2 Å². The van der Waals surface area contributed by atoms with Crippen molar-refractivity contribution in [2.45, 2.75) is 38.8 Å². The number of hydrogen-bond acceptors (Lipinski definition) is 3. The molecule has 0 spiro atoms. The summed E-state index contributed by atoms with van der Waals surface area (Å²) in [5.41, 5.74) is 0. The summed E-state index contributed by atoms with van der Waals surface area (Å²) < 4.78 is 27.3. The lowest BCUT2D eigenvalue weighted by atomic mass is 10.1. The molecule has 1 rings (SSSR count). The van der Waals surface area contributed by atoms with Crippen LogP contribution in [0.3, 0.4) is 0 Å². The smallest absolute Gasteiger partial charge is 0.322 e. The van der Waals surface area contributed by atoms with Crippen LogP contribution in [0.15, 0.2) is 0 Å². The lowest BCUT2D eigenvalue weighted by Crippen LogP contribution is -2.49. The van der Waals surface area contributed by atoms with Gasteiger partial charge in [-0.2, -0.15) is 17.9 Å². The van der Waals surface area contributed by atoms with Gasteiger partial charge in [0.15, 0.2) is 0 Å². The Morgan fingerprint density at radius 3 is 2.27 bits per heavy atom. The van der Waals surface area contributed by atoms with Crippen molar-refractivity contribution < 1.29 is 18.3 Å². The van der Waals surface area contributed by atoms with E-state index in [1.54, 1.807) is 13.8 Å². The molecule has 6 nitrogen and oxygen atoms in total. The van der Waals surface area contributed by atoms with Crippen molar-refractivity contribution in [1.29, 1.82) is 0 Å². The van der Waals surface area contributed by atoms with Crippen LogP contribution in [-0.2, 0) is 15.0 Å². The molecular formula is C8H16N2O4S. The molecule has 0 radical (unpaired) electrons. The van der Waals surface area contributed by atoms with Crippen molar-refractivity contribution in [2.75, 3.05) is 0 Å². The molecule has 88 valence electrons. The Balaban J connectivity index is 2.59. The van der Waals surface area contributed by atoms with Gasteiger partial charge in [0.2, 0.25) is 0 Å². The first-order valence-corrected chi connectivity index (χ1v) is 6.32. The van der Waals surface area contributed by atoms with Gasteiger partial charge in [-0.25, -0.2) is 0 Å². The highest BCUT2D eigenvalue weighted by Crippen LogP contribution is 2.19. The average molecular weight is 236 g/mol. The zero-order valence-corrected chi connectivity index (χ0v) is 9.54. The fourth-order valence-corrected chi connectivity index (χ4v) is 2.54. The van der Waals surface area contributed by atoms with Crippen LogP contribution in [0.4, 0.5) is 0 Å². The second-order valence-corrected chi connectivity index (χ2v) is 5.55. The van der Waals surface area contributed by atoms with Crippen LogP contribution in [-0.4, -0.2) is 31.6 Å². The minimum atomic E-state index is -3.69. The quantitative estimate of drug-likeness (QED) is 0.589. The number of carbonyl (C=O) groups is 1. The molecule has 1 unspecified atom stereocenters. The Bertz CT molecular complexity index is 335. The summed E-state index contributed by atoms with van der Waals surface area (Å²) in [5, 5.41) is 8.80. The molecule has 0 aromatic heterocycles. The molecule has 7 heteroatoms. The summed E-state index contributed by atoms with van der Waals surface area (Å²) in [7, 11) is -3.69. The number of nitrogens with one attached hydrogen (secondary N) is 2. The molecule has 0 heterocycles. The summed E-state index contributed by atoms with van der Waals surface area (Å²) in [5.74, 6) is -1.45. The molecule has 15 heavy (non-hydrogen) atoms. The fourth-order valence-electron chi connectivity index (χ4n) is 1.09. The molecule has 0 aliphatic heterocycles. The third-order valence-electron chi connectivity index (χ3n) is 2.11. The minimum Gasteiger partial charge on any atom is -0.480 e. The molecule has 1 saturated carbocycles. The topological polar surface area (TPSA) is 95.5 Å². The van der Waals surface area contributed by atoms with Crippen molar-refractivity contribution in [3.63, 3.8) is 0 Å². The van der Waals surface area contributed by atoms with E-state index in [2.05, 4.69) is 9.44 Å². The first-order chi connectivity index (χ1) is 6.82. The molecule has 0 amide bonds. The van der Waals surface area contributed by atoms with Gasteiger partial charge in [0.1, 0.15) is 6.04 Å². The number of hydrogen-bond donors (Lipinski definition) is 3. The van der Waals surface area contributed by atoms with Gasteiger partial charge < -0.3 is 5.11 Å². The molecule has 1 aliphatic carbocycles. The van der Waals surface area contributed by atoms with E-state index in [4.69, 9.17) is 5.11 Å². The molecule has 0 saturated heterocycles. The number of carboxylic acid groups (broad SMARTS) is 1. The van der Waals surface area contributed by atoms with Gasteiger partial charge in [-0.3, -0.25) is 4.79 Å². The second-order valence-electron chi connectivity index (χ2n) is 4.07. The zero-order valence-electron chi connectivity index (χ0n) is 8.73. The highest BCUT2D eigenvalue weighted by molar-refractivity contribution is 7.87. The Morgan fingerprint density at radius 2 is 1.93 bits per heavy atom. The minimum absolute atomic E-state index is 0.0240. The average Bonchev–Trinajstić information content (AvgIpc) is 2.82. The molecule has 0 aromatic rings. The molecular weight excluding hydrogens is 220 g/mol. The summed E-state index contributed by atoms with van der Waals surface area (Å²) in [4.78, 5) is 10.8. The van der Waals surface area contributed by atoms with E-state index < -0.39 is 22.2 Å². The Morgan fingerprint density at radius 1 is 1.40 bits per heavy atom. The number of carboxylic acids is 1. The molecule has 1 aliphatic rings. The normalized spacial score (nSPS) is 19.1. The van der Waals surface area contributed by atoms with Crippen LogP contribution in [0.25, 0.3) is 0 Å². The van der Waals surface area contributed by atoms with E-state index in [0.717, 1.165) is 12.8 Å². The fraction of sp³-hybridized carbons (Fsp3) is 0.875. The zero-order chi connectivity index (χ0) is 11.6. The first-order valence-electron chi connectivity index (χ1n) is 4.84. The van der Waals surface area contributed by atoms with E-state index in [-0.39, 0.29) is 12.0 Å².